The molecule has 2 rings (SSSR count). The van der Waals surface area contributed by atoms with Crippen molar-refractivity contribution >= 4 is 27.3 Å². The first-order chi connectivity index (χ1) is 8.65. The molecule has 0 aliphatic carbocycles. The molecule has 0 heterocycles. The first-order valence-electron chi connectivity index (χ1n) is 5.91. The van der Waals surface area contributed by atoms with E-state index < -0.39 is 0 Å². The standard InChI is InChI=1S/C15H17BrN2/c1-18(2)15-9-3-12(4-10-15)11-17-14-7-5-13(16)6-8-14/h3-10,17H,11H2,1-2H3. The molecular formula is C15H17BrN2. The van der Waals surface area contributed by atoms with Gasteiger partial charge in [0.25, 0.3) is 0 Å². The summed E-state index contributed by atoms with van der Waals surface area (Å²) in [6, 6.07) is 16.8. The maximum Gasteiger partial charge on any atom is 0.0400 e. The van der Waals surface area contributed by atoms with Gasteiger partial charge in [0.15, 0.2) is 0 Å². The number of nitrogens with zero attached hydrogens (tertiary/aromatic N) is 1. The van der Waals surface area contributed by atoms with Crippen molar-refractivity contribution in [2.75, 3.05) is 24.3 Å². The van der Waals surface area contributed by atoms with Crippen LogP contribution in [0.25, 0.3) is 0 Å². The van der Waals surface area contributed by atoms with Gasteiger partial charge in [-0.3, -0.25) is 0 Å². The van der Waals surface area contributed by atoms with E-state index in [4.69, 9.17) is 0 Å². The molecule has 0 atom stereocenters. The average molecular weight is 305 g/mol. The van der Waals surface area contributed by atoms with E-state index in [0.29, 0.717) is 0 Å². The lowest BCUT2D eigenvalue weighted by Crippen LogP contribution is -2.08. The molecule has 18 heavy (non-hydrogen) atoms. The van der Waals surface area contributed by atoms with Gasteiger partial charge in [-0.1, -0.05) is 28.1 Å². The molecule has 0 amide bonds. The second kappa shape index (κ2) is 5.91. The quantitative estimate of drug-likeness (QED) is 0.914. The molecule has 0 fully saturated rings. The predicted molar refractivity (Wildman–Crippen MR) is 82.2 cm³/mol. The molecule has 2 nitrogen and oxygen atoms in total. The molecule has 3 heteroatoms. The van der Waals surface area contributed by atoms with Crippen LogP contribution in [0.3, 0.4) is 0 Å². The van der Waals surface area contributed by atoms with Crippen LogP contribution in [0.4, 0.5) is 11.4 Å². The van der Waals surface area contributed by atoms with Gasteiger partial charge in [0.05, 0.1) is 0 Å². The van der Waals surface area contributed by atoms with Crippen LogP contribution in [0.5, 0.6) is 0 Å². The zero-order chi connectivity index (χ0) is 13.0. The highest BCUT2D eigenvalue weighted by atomic mass is 79.9. The zero-order valence-electron chi connectivity index (χ0n) is 10.7. The first-order valence-corrected chi connectivity index (χ1v) is 6.70. The van der Waals surface area contributed by atoms with E-state index >= 15 is 0 Å². The average Bonchev–Trinajstić information content (AvgIpc) is 2.38. The number of anilines is 2. The fraction of sp³-hybridized carbons (Fsp3) is 0.200. The molecule has 1 N–H and O–H groups in total. The summed E-state index contributed by atoms with van der Waals surface area (Å²) in [6.07, 6.45) is 0. The molecular weight excluding hydrogens is 288 g/mol. The SMILES string of the molecule is CN(C)c1ccc(CNc2ccc(Br)cc2)cc1. The van der Waals surface area contributed by atoms with Crippen molar-refractivity contribution in [2.45, 2.75) is 6.54 Å². The number of benzene rings is 2. The lowest BCUT2D eigenvalue weighted by atomic mass is 10.2. The van der Waals surface area contributed by atoms with Crippen molar-refractivity contribution in [3.8, 4) is 0 Å². The van der Waals surface area contributed by atoms with Crippen LogP contribution in [0, 0.1) is 0 Å². The van der Waals surface area contributed by atoms with E-state index in [-0.39, 0.29) is 0 Å². The number of nitrogens with one attached hydrogen (secondary N) is 1. The van der Waals surface area contributed by atoms with E-state index in [1.54, 1.807) is 0 Å². The van der Waals surface area contributed by atoms with Gasteiger partial charge in [0.2, 0.25) is 0 Å². The number of hydrogen-bond acceptors (Lipinski definition) is 2. The molecule has 0 aliphatic rings. The second-order valence-electron chi connectivity index (χ2n) is 4.42. The molecule has 0 aromatic heterocycles. The van der Waals surface area contributed by atoms with E-state index in [2.05, 4.69) is 76.6 Å². The van der Waals surface area contributed by atoms with Crippen LogP contribution in [0.1, 0.15) is 5.56 Å². The largest absolute Gasteiger partial charge is 0.381 e. The molecule has 0 unspecified atom stereocenters. The Morgan fingerprint density at radius 2 is 1.56 bits per heavy atom. The fourth-order valence-corrected chi connectivity index (χ4v) is 1.95. The van der Waals surface area contributed by atoms with E-state index in [9.17, 15) is 0 Å². The second-order valence-corrected chi connectivity index (χ2v) is 5.34. The Labute approximate surface area is 117 Å². The number of hydrogen-bond donors (Lipinski definition) is 1. The molecule has 0 aliphatic heterocycles. The summed E-state index contributed by atoms with van der Waals surface area (Å²) < 4.78 is 1.10. The van der Waals surface area contributed by atoms with Crippen molar-refractivity contribution < 1.29 is 0 Å². The molecule has 0 spiro atoms. The molecule has 0 bridgehead atoms. The Bertz CT molecular complexity index is 489. The van der Waals surface area contributed by atoms with E-state index in [1.165, 1.54) is 11.3 Å². The molecule has 0 radical (unpaired) electrons. The summed E-state index contributed by atoms with van der Waals surface area (Å²) in [5.41, 5.74) is 3.64. The minimum Gasteiger partial charge on any atom is -0.381 e. The van der Waals surface area contributed by atoms with Gasteiger partial charge in [-0.25, -0.2) is 0 Å². The third kappa shape index (κ3) is 3.50. The van der Waals surface area contributed by atoms with Crippen LogP contribution < -0.4 is 10.2 Å². The maximum atomic E-state index is 3.43. The third-order valence-corrected chi connectivity index (χ3v) is 3.32. The first kappa shape index (κ1) is 13.0. The van der Waals surface area contributed by atoms with Crippen LogP contribution in [0.2, 0.25) is 0 Å². The number of halogens is 1. The van der Waals surface area contributed by atoms with Gasteiger partial charge in [0.1, 0.15) is 0 Å². The Kier molecular flexibility index (Phi) is 4.26. The highest BCUT2D eigenvalue weighted by Crippen LogP contribution is 2.16. The van der Waals surface area contributed by atoms with Crippen molar-refractivity contribution in [1.82, 2.24) is 0 Å². The smallest absolute Gasteiger partial charge is 0.0400 e. The zero-order valence-corrected chi connectivity index (χ0v) is 12.2. The lowest BCUT2D eigenvalue weighted by molar-refractivity contribution is 1.11. The van der Waals surface area contributed by atoms with Gasteiger partial charge in [-0.2, -0.15) is 0 Å². The Morgan fingerprint density at radius 3 is 2.11 bits per heavy atom. The maximum absolute atomic E-state index is 3.43. The van der Waals surface area contributed by atoms with Gasteiger partial charge >= 0.3 is 0 Å². The van der Waals surface area contributed by atoms with Crippen LogP contribution in [0.15, 0.2) is 53.0 Å². The molecule has 94 valence electrons. The normalized spacial score (nSPS) is 10.2. The highest BCUT2D eigenvalue weighted by Gasteiger charge is 1.97. The van der Waals surface area contributed by atoms with Crippen molar-refractivity contribution in [3.05, 3.63) is 58.6 Å². The van der Waals surface area contributed by atoms with Crippen LogP contribution in [-0.4, -0.2) is 14.1 Å². The lowest BCUT2D eigenvalue weighted by Gasteiger charge is -2.13. The van der Waals surface area contributed by atoms with Gasteiger partial charge < -0.3 is 10.2 Å². The predicted octanol–water partition coefficient (Wildman–Crippen LogP) is 4.13. The molecule has 2 aromatic rings. The fourth-order valence-electron chi connectivity index (χ4n) is 1.68. The summed E-state index contributed by atoms with van der Waals surface area (Å²) in [6.45, 7) is 0.843. The summed E-state index contributed by atoms with van der Waals surface area (Å²) in [5.74, 6) is 0. The summed E-state index contributed by atoms with van der Waals surface area (Å²) >= 11 is 3.43. The van der Waals surface area contributed by atoms with Gasteiger partial charge in [-0.05, 0) is 42.0 Å². The minimum atomic E-state index is 0.843. The highest BCUT2D eigenvalue weighted by molar-refractivity contribution is 9.10. The Morgan fingerprint density at radius 1 is 0.944 bits per heavy atom. The molecule has 2 aromatic carbocycles. The van der Waals surface area contributed by atoms with Crippen molar-refractivity contribution in [1.29, 1.82) is 0 Å². The summed E-state index contributed by atoms with van der Waals surface area (Å²) in [7, 11) is 4.10. The topological polar surface area (TPSA) is 15.3 Å². The van der Waals surface area contributed by atoms with Crippen molar-refractivity contribution in [2.24, 2.45) is 0 Å². The monoisotopic (exact) mass is 304 g/mol. The minimum absolute atomic E-state index is 0.843. The van der Waals surface area contributed by atoms with Crippen LogP contribution >= 0.6 is 15.9 Å². The summed E-state index contributed by atoms with van der Waals surface area (Å²) in [5, 5.41) is 3.40. The van der Waals surface area contributed by atoms with Gasteiger partial charge in [-0.15, -0.1) is 0 Å². The number of rotatable bonds is 4. The van der Waals surface area contributed by atoms with Crippen LogP contribution in [-0.2, 0) is 6.54 Å². The van der Waals surface area contributed by atoms with Crippen molar-refractivity contribution in [3.63, 3.8) is 0 Å². The summed E-state index contributed by atoms with van der Waals surface area (Å²) in [4.78, 5) is 2.10. The van der Waals surface area contributed by atoms with E-state index in [1.807, 2.05) is 12.1 Å². The Hall–Kier alpha value is -1.48. The molecule has 0 saturated heterocycles. The van der Waals surface area contributed by atoms with E-state index in [0.717, 1.165) is 16.7 Å². The third-order valence-electron chi connectivity index (χ3n) is 2.79. The van der Waals surface area contributed by atoms with Gasteiger partial charge in [0, 0.05) is 36.5 Å². The molecule has 0 saturated carbocycles. The Balaban J connectivity index is 1.95.